The summed E-state index contributed by atoms with van der Waals surface area (Å²) in [6.45, 7) is 0. The SMILES string of the molecule is CS(=O)(=O)c1cccc(Nc2cc(F)ccc2F)c1N. The minimum Gasteiger partial charge on any atom is -0.396 e. The molecule has 0 bridgehead atoms. The molecule has 7 heteroatoms. The van der Waals surface area contributed by atoms with Gasteiger partial charge in [0.2, 0.25) is 0 Å². The van der Waals surface area contributed by atoms with Gasteiger partial charge in [0.1, 0.15) is 11.6 Å². The quantitative estimate of drug-likeness (QED) is 0.855. The van der Waals surface area contributed by atoms with Crippen LogP contribution in [0.25, 0.3) is 0 Å². The molecule has 0 spiro atoms. The molecule has 0 heterocycles. The lowest BCUT2D eigenvalue weighted by atomic mass is 10.2. The van der Waals surface area contributed by atoms with Gasteiger partial charge in [-0.1, -0.05) is 6.07 Å². The van der Waals surface area contributed by atoms with Gasteiger partial charge in [0.25, 0.3) is 0 Å². The van der Waals surface area contributed by atoms with Crippen molar-refractivity contribution in [3.8, 4) is 0 Å². The van der Waals surface area contributed by atoms with E-state index in [1.54, 1.807) is 0 Å². The fourth-order valence-electron chi connectivity index (χ4n) is 1.71. The first kappa shape index (κ1) is 14.3. The van der Waals surface area contributed by atoms with Crippen LogP contribution >= 0.6 is 0 Å². The van der Waals surface area contributed by atoms with Gasteiger partial charge in [-0.3, -0.25) is 0 Å². The Balaban J connectivity index is 2.47. The number of hydrogen-bond donors (Lipinski definition) is 2. The predicted octanol–water partition coefficient (Wildman–Crippen LogP) is 2.69. The molecule has 3 N–H and O–H groups in total. The molecule has 0 saturated carbocycles. The van der Waals surface area contributed by atoms with Crippen LogP contribution in [-0.4, -0.2) is 14.7 Å². The van der Waals surface area contributed by atoms with Crippen molar-refractivity contribution in [2.24, 2.45) is 0 Å². The molecule has 106 valence electrons. The van der Waals surface area contributed by atoms with Crippen LogP contribution in [0.3, 0.4) is 0 Å². The van der Waals surface area contributed by atoms with Crippen LogP contribution in [0.4, 0.5) is 25.8 Å². The maximum absolute atomic E-state index is 13.5. The van der Waals surface area contributed by atoms with E-state index >= 15 is 0 Å². The number of anilines is 3. The molecule has 20 heavy (non-hydrogen) atoms. The van der Waals surface area contributed by atoms with Crippen molar-refractivity contribution >= 4 is 26.9 Å². The minimum atomic E-state index is -3.50. The second kappa shape index (κ2) is 5.09. The molecule has 0 radical (unpaired) electrons. The standard InChI is InChI=1S/C13H12F2N2O2S/c1-20(18,19)12-4-2-3-10(13(12)16)17-11-7-8(14)5-6-9(11)15/h2-7,17H,16H2,1H3. The van der Waals surface area contributed by atoms with E-state index < -0.39 is 21.5 Å². The number of halogens is 2. The van der Waals surface area contributed by atoms with Crippen LogP contribution in [0.1, 0.15) is 0 Å². The van der Waals surface area contributed by atoms with E-state index in [0.717, 1.165) is 24.5 Å². The van der Waals surface area contributed by atoms with Crippen molar-refractivity contribution < 1.29 is 17.2 Å². The third-order valence-electron chi connectivity index (χ3n) is 2.66. The summed E-state index contributed by atoms with van der Waals surface area (Å²) in [4.78, 5) is -0.0701. The fraction of sp³-hybridized carbons (Fsp3) is 0.0769. The van der Waals surface area contributed by atoms with Gasteiger partial charge in [-0.15, -0.1) is 0 Å². The Morgan fingerprint density at radius 3 is 2.45 bits per heavy atom. The smallest absolute Gasteiger partial charge is 0.177 e. The fourth-order valence-corrected chi connectivity index (χ4v) is 2.55. The van der Waals surface area contributed by atoms with Gasteiger partial charge < -0.3 is 11.1 Å². The van der Waals surface area contributed by atoms with Gasteiger partial charge >= 0.3 is 0 Å². The molecular formula is C13H12F2N2O2S. The largest absolute Gasteiger partial charge is 0.396 e. The number of nitrogens with two attached hydrogens (primary N) is 1. The third kappa shape index (κ3) is 2.88. The summed E-state index contributed by atoms with van der Waals surface area (Å²) in [6, 6.07) is 7.20. The van der Waals surface area contributed by atoms with Crippen LogP contribution in [0, 0.1) is 11.6 Å². The van der Waals surface area contributed by atoms with E-state index in [1.807, 2.05) is 0 Å². The first-order valence-electron chi connectivity index (χ1n) is 5.59. The summed E-state index contributed by atoms with van der Waals surface area (Å²) < 4.78 is 49.7. The molecule has 0 saturated heterocycles. The van der Waals surface area contributed by atoms with Crippen LogP contribution in [0.2, 0.25) is 0 Å². The highest BCUT2D eigenvalue weighted by Crippen LogP contribution is 2.30. The highest BCUT2D eigenvalue weighted by atomic mass is 32.2. The van der Waals surface area contributed by atoms with Gasteiger partial charge in [-0.05, 0) is 24.3 Å². The first-order valence-corrected chi connectivity index (χ1v) is 7.49. The first-order chi connectivity index (χ1) is 9.29. The average Bonchev–Trinajstić information content (AvgIpc) is 2.35. The zero-order valence-electron chi connectivity index (χ0n) is 10.5. The summed E-state index contributed by atoms with van der Waals surface area (Å²) in [5, 5.41) is 2.59. The molecule has 0 amide bonds. The Bertz CT molecular complexity index is 761. The number of nitrogens with one attached hydrogen (secondary N) is 1. The summed E-state index contributed by atoms with van der Waals surface area (Å²) in [6.07, 6.45) is 1.02. The molecule has 2 rings (SSSR count). The second-order valence-electron chi connectivity index (χ2n) is 4.24. The van der Waals surface area contributed by atoms with E-state index in [0.29, 0.717) is 0 Å². The lowest BCUT2D eigenvalue weighted by Crippen LogP contribution is -2.06. The van der Waals surface area contributed by atoms with E-state index in [4.69, 9.17) is 5.73 Å². The molecular weight excluding hydrogens is 286 g/mol. The summed E-state index contributed by atoms with van der Waals surface area (Å²) in [7, 11) is -3.50. The highest BCUT2D eigenvalue weighted by Gasteiger charge is 2.15. The summed E-state index contributed by atoms with van der Waals surface area (Å²) in [5.41, 5.74) is 5.77. The van der Waals surface area contributed by atoms with Crippen LogP contribution < -0.4 is 11.1 Å². The number of para-hydroxylation sites is 1. The average molecular weight is 298 g/mol. The molecule has 0 aliphatic rings. The van der Waals surface area contributed by atoms with Crippen LogP contribution in [0.15, 0.2) is 41.3 Å². The van der Waals surface area contributed by atoms with Crippen molar-refractivity contribution in [1.29, 1.82) is 0 Å². The monoisotopic (exact) mass is 298 g/mol. The molecule has 0 atom stereocenters. The van der Waals surface area contributed by atoms with Gasteiger partial charge in [-0.2, -0.15) is 0 Å². The third-order valence-corrected chi connectivity index (χ3v) is 3.82. The number of rotatable bonds is 3. The van der Waals surface area contributed by atoms with Gasteiger partial charge in [0.05, 0.1) is 22.0 Å². The molecule has 2 aromatic carbocycles. The maximum atomic E-state index is 13.5. The lowest BCUT2D eigenvalue weighted by molar-refractivity contribution is 0.602. The number of benzene rings is 2. The topological polar surface area (TPSA) is 72.2 Å². The van der Waals surface area contributed by atoms with Crippen molar-refractivity contribution in [2.45, 2.75) is 4.90 Å². The van der Waals surface area contributed by atoms with Crippen molar-refractivity contribution in [3.63, 3.8) is 0 Å². The minimum absolute atomic E-state index is 0.0429. The maximum Gasteiger partial charge on any atom is 0.177 e. The van der Waals surface area contributed by atoms with Gasteiger partial charge in [0.15, 0.2) is 9.84 Å². The predicted molar refractivity (Wildman–Crippen MR) is 73.6 cm³/mol. The van der Waals surface area contributed by atoms with Gasteiger partial charge in [0, 0.05) is 12.3 Å². The summed E-state index contributed by atoms with van der Waals surface area (Å²) in [5.74, 6) is -1.29. The number of sulfone groups is 1. The van der Waals surface area contributed by atoms with Crippen LogP contribution in [-0.2, 0) is 9.84 Å². The summed E-state index contributed by atoms with van der Waals surface area (Å²) >= 11 is 0. The van der Waals surface area contributed by atoms with E-state index in [9.17, 15) is 17.2 Å². The van der Waals surface area contributed by atoms with E-state index in [2.05, 4.69) is 5.32 Å². The Morgan fingerprint density at radius 2 is 1.80 bits per heavy atom. The lowest BCUT2D eigenvalue weighted by Gasteiger charge is -2.12. The number of hydrogen-bond acceptors (Lipinski definition) is 4. The van der Waals surface area contributed by atoms with Crippen LogP contribution in [0.5, 0.6) is 0 Å². The molecule has 0 aliphatic carbocycles. The molecule has 0 fully saturated rings. The van der Waals surface area contributed by atoms with Crippen molar-refractivity contribution in [1.82, 2.24) is 0 Å². The molecule has 4 nitrogen and oxygen atoms in total. The van der Waals surface area contributed by atoms with E-state index in [1.165, 1.54) is 18.2 Å². The van der Waals surface area contributed by atoms with Crippen molar-refractivity contribution in [3.05, 3.63) is 48.0 Å². The zero-order chi connectivity index (χ0) is 14.9. The normalized spacial score (nSPS) is 11.3. The Hall–Kier alpha value is -2.15. The van der Waals surface area contributed by atoms with Crippen molar-refractivity contribution in [2.75, 3.05) is 17.3 Å². The second-order valence-corrected chi connectivity index (χ2v) is 6.22. The Morgan fingerprint density at radius 1 is 1.10 bits per heavy atom. The Labute approximate surface area is 115 Å². The number of nitrogen functional groups attached to an aromatic ring is 1. The Kier molecular flexibility index (Phi) is 3.63. The molecule has 0 aromatic heterocycles. The zero-order valence-corrected chi connectivity index (χ0v) is 11.3. The molecule has 0 unspecified atom stereocenters. The van der Waals surface area contributed by atoms with E-state index in [-0.39, 0.29) is 22.0 Å². The highest BCUT2D eigenvalue weighted by molar-refractivity contribution is 7.90. The molecule has 2 aromatic rings. The molecule has 0 aliphatic heterocycles. The van der Waals surface area contributed by atoms with Gasteiger partial charge in [-0.25, -0.2) is 17.2 Å².